The Labute approximate surface area is 207 Å². The van der Waals surface area contributed by atoms with Crippen LogP contribution in [0.4, 0.5) is 0 Å². The van der Waals surface area contributed by atoms with E-state index in [0.717, 1.165) is 43.7 Å². The Morgan fingerprint density at radius 3 is 2.74 bits per heavy atom. The number of fused-ring (bicyclic) bond motifs is 1. The number of hydrogen-bond acceptors (Lipinski definition) is 4. The molecule has 2 aromatic carbocycles. The molecular formula is C30H34N2O3. The molecule has 6 atom stereocenters. The zero-order valence-electron chi connectivity index (χ0n) is 20.2. The second-order valence-corrected chi connectivity index (χ2v) is 12.1. The number of carbonyl (C=O) groups is 1. The van der Waals surface area contributed by atoms with Gasteiger partial charge in [-0.15, -0.1) is 0 Å². The highest BCUT2D eigenvalue weighted by molar-refractivity contribution is 5.94. The van der Waals surface area contributed by atoms with E-state index in [0.29, 0.717) is 24.3 Å². The Balaban J connectivity index is 1.24. The summed E-state index contributed by atoms with van der Waals surface area (Å²) in [4.78, 5) is 18.5. The molecule has 8 rings (SSSR count). The highest BCUT2D eigenvalue weighted by Crippen LogP contribution is 2.69. The molecule has 0 radical (unpaired) electrons. The third-order valence-electron chi connectivity index (χ3n) is 10.8. The van der Waals surface area contributed by atoms with E-state index in [1.807, 2.05) is 36.4 Å². The van der Waals surface area contributed by atoms with Crippen LogP contribution in [0.2, 0.25) is 0 Å². The van der Waals surface area contributed by atoms with Crippen LogP contribution in [-0.4, -0.2) is 64.2 Å². The molecular weight excluding hydrogens is 436 g/mol. The molecule has 3 heterocycles. The standard InChI is InChI=1S/C30H34N2O3/c33-22-10-9-21-15-26-30-12-11-24-27(25(35-30)18-32(24)28(34)20-7-2-1-3-8-20)29(30,23(21)16-22)13-14-31(26)17-19-5-4-6-19/h1-3,7-10,16,19,24-27,33H,4-6,11-15,17-18H2/t24?,25-,26?,27?,29?,30?/m1/s1. The molecule has 182 valence electrons. The van der Waals surface area contributed by atoms with E-state index in [4.69, 9.17) is 4.74 Å². The lowest BCUT2D eigenvalue weighted by Gasteiger charge is -2.65. The molecule has 5 heteroatoms. The van der Waals surface area contributed by atoms with Gasteiger partial charge in [0, 0.05) is 42.1 Å². The van der Waals surface area contributed by atoms with Gasteiger partial charge in [0.15, 0.2) is 0 Å². The van der Waals surface area contributed by atoms with Crippen LogP contribution in [0.1, 0.15) is 60.0 Å². The van der Waals surface area contributed by atoms with Gasteiger partial charge in [-0.1, -0.05) is 30.7 Å². The maximum absolute atomic E-state index is 13.6. The molecule has 1 N–H and O–H groups in total. The molecule has 5 nitrogen and oxygen atoms in total. The van der Waals surface area contributed by atoms with E-state index < -0.39 is 0 Å². The molecule has 3 aliphatic heterocycles. The first kappa shape index (κ1) is 20.8. The zero-order valence-corrected chi connectivity index (χ0v) is 20.2. The number of aromatic hydroxyl groups is 1. The smallest absolute Gasteiger partial charge is 0.254 e. The number of phenolic OH excluding ortho intramolecular Hbond substituents is 1. The van der Waals surface area contributed by atoms with Gasteiger partial charge in [-0.2, -0.15) is 0 Å². The summed E-state index contributed by atoms with van der Waals surface area (Å²) < 4.78 is 7.28. The number of carbonyl (C=O) groups excluding carboxylic acids is 1. The van der Waals surface area contributed by atoms with Gasteiger partial charge in [-0.05, 0) is 86.4 Å². The van der Waals surface area contributed by atoms with Crippen molar-refractivity contribution in [1.29, 1.82) is 0 Å². The van der Waals surface area contributed by atoms with Crippen molar-refractivity contribution in [2.24, 2.45) is 11.8 Å². The number of nitrogens with zero attached hydrogens (tertiary/aromatic N) is 2. The third-order valence-corrected chi connectivity index (χ3v) is 10.8. The summed E-state index contributed by atoms with van der Waals surface area (Å²) in [6.07, 6.45) is 8.31. The van der Waals surface area contributed by atoms with Gasteiger partial charge < -0.3 is 14.7 Å². The molecule has 0 aromatic heterocycles. The molecule has 0 spiro atoms. The largest absolute Gasteiger partial charge is 0.508 e. The zero-order chi connectivity index (χ0) is 23.4. The van der Waals surface area contributed by atoms with Gasteiger partial charge >= 0.3 is 0 Å². The summed E-state index contributed by atoms with van der Waals surface area (Å²) in [5, 5.41) is 10.6. The van der Waals surface area contributed by atoms with E-state index in [1.165, 1.54) is 36.9 Å². The third kappa shape index (κ3) is 2.54. The van der Waals surface area contributed by atoms with E-state index in [1.54, 1.807) is 0 Å². The van der Waals surface area contributed by atoms with Crippen LogP contribution >= 0.6 is 0 Å². The molecule has 2 saturated carbocycles. The summed E-state index contributed by atoms with van der Waals surface area (Å²) >= 11 is 0. The number of hydrogen-bond donors (Lipinski definition) is 1. The Hall–Kier alpha value is -2.37. The molecule has 5 fully saturated rings. The van der Waals surface area contributed by atoms with Crippen molar-refractivity contribution in [3.63, 3.8) is 0 Å². The molecule has 4 bridgehead atoms. The van der Waals surface area contributed by atoms with Gasteiger partial charge in [-0.3, -0.25) is 9.69 Å². The summed E-state index contributed by atoms with van der Waals surface area (Å²) in [5.74, 6) is 1.65. The molecule has 1 amide bonds. The quantitative estimate of drug-likeness (QED) is 0.733. The summed E-state index contributed by atoms with van der Waals surface area (Å²) in [6, 6.07) is 16.4. The van der Waals surface area contributed by atoms with Crippen molar-refractivity contribution < 1.29 is 14.6 Å². The van der Waals surface area contributed by atoms with Crippen molar-refractivity contribution in [2.75, 3.05) is 19.6 Å². The number of rotatable bonds is 3. The number of phenols is 1. The average molecular weight is 471 g/mol. The maximum atomic E-state index is 13.6. The Bertz CT molecular complexity index is 1200. The van der Waals surface area contributed by atoms with E-state index >= 15 is 0 Å². The number of ether oxygens (including phenoxy) is 1. The van der Waals surface area contributed by atoms with Crippen molar-refractivity contribution in [2.45, 2.75) is 74.1 Å². The second-order valence-electron chi connectivity index (χ2n) is 12.1. The molecule has 3 saturated heterocycles. The topological polar surface area (TPSA) is 53.0 Å². The van der Waals surface area contributed by atoms with Gasteiger partial charge in [-0.25, -0.2) is 0 Å². The van der Waals surface area contributed by atoms with Crippen LogP contribution in [0.15, 0.2) is 48.5 Å². The van der Waals surface area contributed by atoms with Crippen LogP contribution in [-0.2, 0) is 16.6 Å². The van der Waals surface area contributed by atoms with Crippen LogP contribution < -0.4 is 0 Å². The second kappa shape index (κ2) is 7.10. The number of piperidine rings is 1. The fourth-order valence-electron chi connectivity index (χ4n) is 9.38. The molecule has 5 unspecified atom stereocenters. The summed E-state index contributed by atoms with van der Waals surface area (Å²) in [7, 11) is 0. The summed E-state index contributed by atoms with van der Waals surface area (Å²) in [5.41, 5.74) is 3.18. The SMILES string of the molecule is O=C(c1ccccc1)N1C[C@H]2OC34CCC1C2C31CCN(CC2CCC2)C4Cc2ccc(O)cc21. The minimum absolute atomic E-state index is 0.0783. The molecule has 35 heavy (non-hydrogen) atoms. The van der Waals surface area contributed by atoms with Crippen molar-refractivity contribution in [1.82, 2.24) is 9.80 Å². The molecule has 3 aliphatic carbocycles. The fourth-order valence-corrected chi connectivity index (χ4v) is 9.38. The monoisotopic (exact) mass is 470 g/mol. The summed E-state index contributed by atoms with van der Waals surface area (Å²) in [6.45, 7) is 3.00. The fraction of sp³-hybridized carbons (Fsp3) is 0.567. The van der Waals surface area contributed by atoms with E-state index in [2.05, 4.69) is 21.9 Å². The first-order valence-corrected chi connectivity index (χ1v) is 13.7. The van der Waals surface area contributed by atoms with Gasteiger partial charge in [0.1, 0.15) is 5.75 Å². The van der Waals surface area contributed by atoms with Crippen molar-refractivity contribution >= 4 is 5.91 Å². The lowest BCUT2D eigenvalue weighted by atomic mass is 9.46. The van der Waals surface area contributed by atoms with Gasteiger partial charge in [0.25, 0.3) is 5.91 Å². The van der Waals surface area contributed by atoms with E-state index in [9.17, 15) is 9.90 Å². The van der Waals surface area contributed by atoms with Crippen LogP contribution in [0.25, 0.3) is 0 Å². The first-order valence-electron chi connectivity index (χ1n) is 13.7. The predicted octanol–water partition coefficient (Wildman–Crippen LogP) is 4.13. The highest BCUT2D eigenvalue weighted by atomic mass is 16.5. The van der Waals surface area contributed by atoms with Gasteiger partial charge in [0.2, 0.25) is 0 Å². The predicted molar refractivity (Wildman–Crippen MR) is 132 cm³/mol. The minimum atomic E-state index is -0.191. The normalized spacial score (nSPS) is 39.1. The number of benzene rings is 2. The van der Waals surface area contributed by atoms with Gasteiger partial charge in [0.05, 0.1) is 11.7 Å². The lowest BCUT2D eigenvalue weighted by Crippen LogP contribution is -2.74. The maximum Gasteiger partial charge on any atom is 0.254 e. The molecule has 2 aromatic rings. The minimum Gasteiger partial charge on any atom is -0.508 e. The van der Waals surface area contributed by atoms with Crippen LogP contribution in [0.3, 0.4) is 0 Å². The first-order chi connectivity index (χ1) is 17.1. The number of likely N-dealkylation sites (tertiary alicyclic amines) is 2. The van der Waals surface area contributed by atoms with Crippen LogP contribution in [0, 0.1) is 11.8 Å². The molecule has 6 aliphatic rings. The number of amides is 1. The van der Waals surface area contributed by atoms with Crippen molar-refractivity contribution in [3.8, 4) is 5.75 Å². The van der Waals surface area contributed by atoms with Crippen molar-refractivity contribution in [3.05, 3.63) is 65.2 Å². The van der Waals surface area contributed by atoms with Crippen LogP contribution in [0.5, 0.6) is 5.75 Å². The average Bonchev–Trinajstić information content (AvgIpc) is 3.29. The van der Waals surface area contributed by atoms with E-state index in [-0.39, 0.29) is 29.1 Å². The Morgan fingerprint density at radius 2 is 1.94 bits per heavy atom. The lowest BCUT2D eigenvalue weighted by molar-refractivity contribution is -0.173. The Kier molecular flexibility index (Phi) is 4.22. The Morgan fingerprint density at radius 1 is 1.09 bits per heavy atom. The highest BCUT2D eigenvalue weighted by Gasteiger charge is 2.78.